The molecular formula is C13H17NO2. The van der Waals surface area contributed by atoms with Gasteiger partial charge in [-0.1, -0.05) is 24.3 Å². The van der Waals surface area contributed by atoms with E-state index in [1.807, 2.05) is 13.8 Å². The fraction of sp³-hybridized carbons (Fsp3) is 0.308. The average molecular weight is 219 g/mol. The maximum absolute atomic E-state index is 11.7. The third kappa shape index (κ3) is 2.86. The average Bonchev–Trinajstić information content (AvgIpc) is 2.16. The molecule has 1 rings (SSSR count). The summed E-state index contributed by atoms with van der Waals surface area (Å²) in [7, 11) is 0. The molecule has 3 heteroatoms. The van der Waals surface area contributed by atoms with Crippen molar-refractivity contribution in [3.8, 4) is 5.75 Å². The largest absolute Gasteiger partial charge is 0.503 e. The molecule has 86 valence electrons. The van der Waals surface area contributed by atoms with E-state index < -0.39 is 0 Å². The standard InChI is InChI=1S/C13H17NO2/c1-9(2)7-11-5-6-14(8-10(3)4)13(16)12(11)15/h5-6,15H,1,3,7-8H2,2,4H3. The van der Waals surface area contributed by atoms with Crippen molar-refractivity contribution in [1.82, 2.24) is 4.57 Å². The van der Waals surface area contributed by atoms with Crippen molar-refractivity contribution in [2.75, 3.05) is 0 Å². The molecule has 0 saturated heterocycles. The van der Waals surface area contributed by atoms with E-state index in [0.717, 1.165) is 11.1 Å². The molecule has 0 radical (unpaired) electrons. The van der Waals surface area contributed by atoms with Gasteiger partial charge >= 0.3 is 0 Å². The van der Waals surface area contributed by atoms with E-state index in [9.17, 15) is 9.90 Å². The zero-order chi connectivity index (χ0) is 12.3. The van der Waals surface area contributed by atoms with E-state index in [1.165, 1.54) is 4.57 Å². The predicted molar refractivity (Wildman–Crippen MR) is 65.7 cm³/mol. The second kappa shape index (κ2) is 4.84. The Morgan fingerprint density at radius 3 is 2.50 bits per heavy atom. The van der Waals surface area contributed by atoms with Crippen LogP contribution >= 0.6 is 0 Å². The quantitative estimate of drug-likeness (QED) is 0.789. The van der Waals surface area contributed by atoms with Crippen LogP contribution in [0.5, 0.6) is 5.75 Å². The van der Waals surface area contributed by atoms with Crippen molar-refractivity contribution in [2.24, 2.45) is 0 Å². The molecule has 1 aromatic rings. The lowest BCUT2D eigenvalue weighted by Gasteiger charge is -2.09. The Bertz CT molecular complexity index is 483. The molecule has 3 nitrogen and oxygen atoms in total. The van der Waals surface area contributed by atoms with Gasteiger partial charge in [0.05, 0.1) is 0 Å². The number of hydrogen-bond donors (Lipinski definition) is 1. The smallest absolute Gasteiger partial charge is 0.293 e. The first kappa shape index (κ1) is 12.3. The summed E-state index contributed by atoms with van der Waals surface area (Å²) >= 11 is 0. The number of pyridine rings is 1. The molecule has 0 bridgehead atoms. The maximum atomic E-state index is 11.7. The molecule has 0 saturated carbocycles. The lowest BCUT2D eigenvalue weighted by atomic mass is 10.1. The van der Waals surface area contributed by atoms with Gasteiger partial charge in [-0.3, -0.25) is 4.79 Å². The third-order valence-electron chi connectivity index (χ3n) is 2.16. The normalized spacial score (nSPS) is 10.1. The van der Waals surface area contributed by atoms with E-state index >= 15 is 0 Å². The first-order valence-corrected chi connectivity index (χ1v) is 5.12. The minimum atomic E-state index is -0.373. The van der Waals surface area contributed by atoms with Crippen LogP contribution in [0.15, 0.2) is 41.4 Å². The Hall–Kier alpha value is -1.77. The molecule has 1 aromatic heterocycles. The van der Waals surface area contributed by atoms with Gasteiger partial charge in [-0.2, -0.15) is 0 Å². The summed E-state index contributed by atoms with van der Waals surface area (Å²) in [6, 6.07) is 1.74. The van der Waals surface area contributed by atoms with Gasteiger partial charge in [-0.15, -0.1) is 0 Å². The highest BCUT2D eigenvalue weighted by molar-refractivity contribution is 5.32. The minimum absolute atomic E-state index is 0.188. The number of allylic oxidation sites excluding steroid dienone is 2. The summed E-state index contributed by atoms with van der Waals surface area (Å²) in [6.07, 6.45) is 2.20. The maximum Gasteiger partial charge on any atom is 0.293 e. The van der Waals surface area contributed by atoms with Crippen LogP contribution < -0.4 is 5.56 Å². The fourth-order valence-electron chi connectivity index (χ4n) is 1.48. The monoisotopic (exact) mass is 219 g/mol. The van der Waals surface area contributed by atoms with Gasteiger partial charge in [-0.25, -0.2) is 0 Å². The van der Waals surface area contributed by atoms with E-state index in [2.05, 4.69) is 13.2 Å². The van der Waals surface area contributed by atoms with Gasteiger partial charge in [-0.05, 0) is 26.3 Å². The van der Waals surface area contributed by atoms with Crippen LogP contribution in [0, 0.1) is 0 Å². The highest BCUT2D eigenvalue weighted by Crippen LogP contribution is 2.14. The van der Waals surface area contributed by atoms with Crippen molar-refractivity contribution in [2.45, 2.75) is 26.8 Å². The zero-order valence-corrected chi connectivity index (χ0v) is 9.79. The number of rotatable bonds is 4. The van der Waals surface area contributed by atoms with Crippen molar-refractivity contribution in [1.29, 1.82) is 0 Å². The number of aromatic hydroxyl groups is 1. The Balaban J connectivity index is 3.13. The van der Waals surface area contributed by atoms with E-state index in [1.54, 1.807) is 12.3 Å². The van der Waals surface area contributed by atoms with Gasteiger partial charge in [0.1, 0.15) is 0 Å². The van der Waals surface area contributed by atoms with Gasteiger partial charge in [0.25, 0.3) is 5.56 Å². The van der Waals surface area contributed by atoms with Crippen LogP contribution in [-0.4, -0.2) is 9.67 Å². The van der Waals surface area contributed by atoms with Crippen molar-refractivity contribution in [3.05, 3.63) is 52.5 Å². The summed E-state index contributed by atoms with van der Waals surface area (Å²) in [5.74, 6) is -0.188. The summed E-state index contributed by atoms with van der Waals surface area (Å²) in [4.78, 5) is 11.7. The van der Waals surface area contributed by atoms with Gasteiger partial charge in [0.15, 0.2) is 5.75 Å². The second-order valence-electron chi connectivity index (χ2n) is 4.21. The lowest BCUT2D eigenvalue weighted by Crippen LogP contribution is -2.20. The van der Waals surface area contributed by atoms with Gasteiger partial charge in [0, 0.05) is 18.3 Å². The van der Waals surface area contributed by atoms with Gasteiger partial charge in [0.2, 0.25) is 0 Å². The molecule has 0 aromatic carbocycles. The minimum Gasteiger partial charge on any atom is -0.503 e. The third-order valence-corrected chi connectivity index (χ3v) is 2.16. The van der Waals surface area contributed by atoms with Crippen molar-refractivity contribution < 1.29 is 5.11 Å². The van der Waals surface area contributed by atoms with Crippen LogP contribution in [-0.2, 0) is 13.0 Å². The molecule has 16 heavy (non-hydrogen) atoms. The number of nitrogens with zero attached hydrogens (tertiary/aromatic N) is 1. The van der Waals surface area contributed by atoms with Gasteiger partial charge < -0.3 is 9.67 Å². The summed E-state index contributed by atoms with van der Waals surface area (Å²) in [5, 5.41) is 9.74. The SMILES string of the molecule is C=C(C)Cc1ccn(CC(=C)C)c(=O)c1O. The molecule has 0 fully saturated rings. The molecule has 0 atom stereocenters. The summed E-state index contributed by atoms with van der Waals surface area (Å²) in [5.41, 5.74) is 2.03. The number of hydrogen-bond acceptors (Lipinski definition) is 2. The van der Waals surface area contributed by atoms with Crippen LogP contribution in [0.1, 0.15) is 19.4 Å². The van der Waals surface area contributed by atoms with Crippen molar-refractivity contribution in [3.63, 3.8) is 0 Å². The van der Waals surface area contributed by atoms with E-state index in [4.69, 9.17) is 0 Å². The van der Waals surface area contributed by atoms with Crippen LogP contribution in [0.4, 0.5) is 0 Å². The molecular weight excluding hydrogens is 202 g/mol. The molecule has 0 aliphatic carbocycles. The molecule has 1 N–H and O–H groups in total. The highest BCUT2D eigenvalue weighted by atomic mass is 16.3. The van der Waals surface area contributed by atoms with Crippen LogP contribution in [0.25, 0.3) is 0 Å². The Labute approximate surface area is 95.4 Å². The van der Waals surface area contributed by atoms with Crippen LogP contribution in [0.3, 0.4) is 0 Å². The molecule has 0 spiro atoms. The number of aromatic nitrogens is 1. The predicted octanol–water partition coefficient (Wildman–Crippen LogP) is 2.25. The van der Waals surface area contributed by atoms with Crippen molar-refractivity contribution >= 4 is 0 Å². The zero-order valence-electron chi connectivity index (χ0n) is 9.79. The first-order valence-electron chi connectivity index (χ1n) is 5.12. The summed E-state index contributed by atoms with van der Waals surface area (Å²) < 4.78 is 1.44. The molecule has 0 amide bonds. The fourth-order valence-corrected chi connectivity index (χ4v) is 1.48. The Morgan fingerprint density at radius 1 is 1.38 bits per heavy atom. The molecule has 0 unspecified atom stereocenters. The first-order chi connectivity index (χ1) is 7.41. The van der Waals surface area contributed by atoms with Crippen LogP contribution in [0.2, 0.25) is 0 Å². The topological polar surface area (TPSA) is 42.2 Å². The summed E-state index contributed by atoms with van der Waals surface area (Å²) in [6.45, 7) is 11.6. The van der Waals surface area contributed by atoms with E-state index in [-0.39, 0.29) is 11.3 Å². The van der Waals surface area contributed by atoms with E-state index in [0.29, 0.717) is 18.5 Å². The lowest BCUT2D eigenvalue weighted by molar-refractivity contribution is 0.452. The molecule has 0 aliphatic heterocycles. The highest BCUT2D eigenvalue weighted by Gasteiger charge is 2.08. The Morgan fingerprint density at radius 2 is 2.00 bits per heavy atom. The molecule has 1 heterocycles. The Kier molecular flexibility index (Phi) is 3.72. The molecule has 0 aliphatic rings. The second-order valence-corrected chi connectivity index (χ2v) is 4.21.